The molecule has 0 saturated heterocycles. The molecular weight excluding hydrogens is 1630 g/mol. The number of hydrogen-bond acceptors (Lipinski definition) is 24. The molecule has 1 aliphatic rings. The lowest BCUT2D eigenvalue weighted by Crippen LogP contribution is -2.54. The van der Waals surface area contributed by atoms with Gasteiger partial charge in [0.05, 0.1) is 117 Å². The number of fused-ring (bicyclic) bond motifs is 1. The van der Waals surface area contributed by atoms with E-state index in [9.17, 15) is 47.9 Å². The summed E-state index contributed by atoms with van der Waals surface area (Å²) in [7, 11) is 4.70. The maximum atomic E-state index is 13.6. The van der Waals surface area contributed by atoms with Crippen molar-refractivity contribution in [3.8, 4) is 11.1 Å². The molecular formula is C82H119ClN22O19. The van der Waals surface area contributed by atoms with Crippen LogP contribution in [0.3, 0.4) is 0 Å². The number of hydrogen-bond donors (Lipinski definition) is 16. The Morgan fingerprint density at radius 2 is 0.960 bits per heavy atom. The third-order valence-electron chi connectivity index (χ3n) is 18.4. The summed E-state index contributed by atoms with van der Waals surface area (Å²) >= 11 is 6.14. The van der Waals surface area contributed by atoms with Crippen LogP contribution >= 0.6 is 11.6 Å². The molecule has 42 heteroatoms. The number of carbonyl (C=O) groups excluding carboxylic acids is 10. The molecule has 7 rings (SSSR count). The van der Waals surface area contributed by atoms with Crippen LogP contribution in [0.2, 0.25) is 5.02 Å². The number of ether oxygens (including phenoxy) is 9. The summed E-state index contributed by atoms with van der Waals surface area (Å²) in [4.78, 5) is 141. The Hall–Kier alpha value is -11.8. The number of alkyl carbamates (subject to hydrolysis) is 1. The van der Waals surface area contributed by atoms with Gasteiger partial charge in [-0.05, 0) is 131 Å². The Labute approximate surface area is 724 Å². The quantitative estimate of drug-likeness (QED) is 0.0147. The fourth-order valence-corrected chi connectivity index (χ4v) is 12.7. The number of carbonyl (C=O) groups is 10. The molecule has 0 saturated carbocycles. The zero-order valence-corrected chi connectivity index (χ0v) is 72.2. The Morgan fingerprint density at radius 3 is 1.45 bits per heavy atom. The average molecular weight is 1750 g/mol. The van der Waals surface area contributed by atoms with E-state index in [-0.39, 0.29) is 149 Å². The summed E-state index contributed by atoms with van der Waals surface area (Å²) in [5.41, 5.74) is 15.6. The van der Waals surface area contributed by atoms with Crippen LogP contribution in [0.4, 0.5) is 33.5 Å². The number of halogens is 1. The van der Waals surface area contributed by atoms with E-state index in [0.29, 0.717) is 116 Å². The van der Waals surface area contributed by atoms with E-state index < -0.39 is 65.1 Å². The Bertz CT molecular complexity index is 4480. The minimum absolute atomic E-state index is 0.00587. The first kappa shape index (κ1) is 99.3. The molecule has 4 atom stereocenters. The highest BCUT2D eigenvalue weighted by molar-refractivity contribution is 6.30. The van der Waals surface area contributed by atoms with E-state index in [1.54, 1.807) is 53.9 Å². The van der Waals surface area contributed by atoms with E-state index in [0.717, 1.165) is 34.5 Å². The Morgan fingerprint density at radius 1 is 0.500 bits per heavy atom. The highest BCUT2D eigenvalue weighted by Gasteiger charge is 2.34. The number of imidazole rings is 2. The molecule has 0 spiro atoms. The smallest absolute Gasteiger partial charge is 0.408 e. The van der Waals surface area contributed by atoms with Crippen LogP contribution in [-0.2, 0) is 87.7 Å². The molecule has 1 aliphatic heterocycles. The van der Waals surface area contributed by atoms with Gasteiger partial charge >= 0.3 is 6.09 Å². The van der Waals surface area contributed by atoms with Gasteiger partial charge in [0.1, 0.15) is 23.4 Å². The zero-order valence-electron chi connectivity index (χ0n) is 71.4. The van der Waals surface area contributed by atoms with Gasteiger partial charge in [-0.3, -0.25) is 54.0 Å². The van der Waals surface area contributed by atoms with Crippen LogP contribution in [0.5, 0.6) is 0 Å². The van der Waals surface area contributed by atoms with Crippen molar-refractivity contribution in [3.05, 3.63) is 125 Å². The van der Waals surface area contributed by atoms with Gasteiger partial charge in [-0.1, -0.05) is 29.8 Å². The lowest BCUT2D eigenvalue weighted by molar-refractivity contribution is -0.130. The highest BCUT2D eigenvalue weighted by Crippen LogP contribution is 2.41. The molecule has 3 aromatic heterocycles. The number of benzene rings is 3. The second kappa shape index (κ2) is 52.6. The van der Waals surface area contributed by atoms with Gasteiger partial charge in [0.2, 0.25) is 41.2 Å². The van der Waals surface area contributed by atoms with Crippen molar-refractivity contribution >= 4 is 111 Å². The Balaban J connectivity index is 0.647. The van der Waals surface area contributed by atoms with Crippen LogP contribution in [0, 0.1) is 10.8 Å². The molecule has 10 amide bonds. The van der Waals surface area contributed by atoms with Crippen LogP contribution in [0.15, 0.2) is 91.4 Å². The summed E-state index contributed by atoms with van der Waals surface area (Å²) in [6.45, 7) is 15.1. The zero-order chi connectivity index (χ0) is 89.9. The van der Waals surface area contributed by atoms with Gasteiger partial charge in [0.25, 0.3) is 23.6 Å². The van der Waals surface area contributed by atoms with E-state index in [1.165, 1.54) is 45.4 Å². The van der Waals surface area contributed by atoms with Crippen molar-refractivity contribution in [3.63, 3.8) is 0 Å². The number of nitrogens with zero attached hydrogens (tertiary/aromatic N) is 6. The first-order chi connectivity index (χ1) is 59.4. The van der Waals surface area contributed by atoms with Crippen molar-refractivity contribution in [1.82, 2.24) is 66.2 Å². The molecule has 41 nitrogen and oxygen atoms in total. The lowest BCUT2D eigenvalue weighted by Gasteiger charge is -2.39. The fraction of sp³-hybridized carbons (Fsp3) is 0.512. The molecule has 0 unspecified atom stereocenters. The van der Waals surface area contributed by atoms with Gasteiger partial charge in [0, 0.05) is 127 Å². The summed E-state index contributed by atoms with van der Waals surface area (Å²) in [6, 6.07) is 20.2. The standard InChI is InChI=1S/C82H119ClN22O19/c1-53-47-64(94-59-20-18-58(83)19-21-59)61-48-57(17-22-65(61)105(53)54(2)106)55-13-15-56(16-14-55)73(109)90-29-31-116-33-35-118-37-39-120-41-43-122-45-46-123-44-42-121-40-38-119-36-34-117-32-30-91-77(113)71-100-67(51-103(71)7)98-70(108)24-28-89-76(112)66-49-60(50-102(66)6)95-78(114)72-101-68(52-104(72)8)99-69(107)23-27-88-74(110)62(11-9-25-92-79(84)85)96-75(111)63(12-10-26-93-80(86)87)97-81(115)124-82(3,4)5/h13-22,48-53,62-64,94H,9-12,23-47H2,1-8H3,(H,88,110)(H,89,112)(H,90,109)(H,91,113)(H,95,114)(H,96,111)(H,97,115)(H,98,108)(H,99,107)(H4,84,85,92)(H4,86,87,93)/t53-,62-,63-,64+/m0/s1. The number of anilines is 5. The third-order valence-corrected chi connectivity index (χ3v) is 18.7. The number of guanidine groups is 2. The van der Waals surface area contributed by atoms with E-state index in [4.69, 9.17) is 76.5 Å². The van der Waals surface area contributed by atoms with E-state index >= 15 is 0 Å². The second-order valence-electron chi connectivity index (χ2n) is 29.6. The maximum Gasteiger partial charge on any atom is 0.408 e. The fourth-order valence-electron chi connectivity index (χ4n) is 12.6. The predicted molar refractivity (Wildman–Crippen MR) is 463 cm³/mol. The number of rotatable bonds is 55. The van der Waals surface area contributed by atoms with Crippen molar-refractivity contribution in [1.29, 1.82) is 10.8 Å². The Kier molecular flexibility index (Phi) is 42.1. The molecule has 678 valence electrons. The molecule has 3 aromatic carbocycles. The van der Waals surface area contributed by atoms with Crippen molar-refractivity contribution in [2.45, 2.75) is 109 Å². The molecule has 0 radical (unpaired) electrons. The van der Waals surface area contributed by atoms with Gasteiger partial charge in [-0.15, -0.1) is 0 Å². The average Bonchev–Trinajstić information content (AvgIpc) is 0.938. The van der Waals surface area contributed by atoms with Crippen LogP contribution in [0.25, 0.3) is 11.1 Å². The molecule has 18 N–H and O–H groups in total. The van der Waals surface area contributed by atoms with Crippen LogP contribution in [0.1, 0.15) is 133 Å². The molecule has 4 heterocycles. The monoisotopic (exact) mass is 1750 g/mol. The molecule has 0 bridgehead atoms. The molecule has 0 fully saturated rings. The summed E-state index contributed by atoms with van der Waals surface area (Å²) in [5.74, 6) is -4.87. The van der Waals surface area contributed by atoms with Crippen LogP contribution < -0.4 is 80.2 Å². The molecule has 124 heavy (non-hydrogen) atoms. The normalized spacial score (nSPS) is 13.4. The van der Waals surface area contributed by atoms with Gasteiger partial charge in [0.15, 0.2) is 23.6 Å². The number of aryl methyl sites for hydroxylation is 3. The van der Waals surface area contributed by atoms with E-state index in [1.807, 2.05) is 53.4 Å². The van der Waals surface area contributed by atoms with Gasteiger partial charge in [-0.25, -0.2) is 14.8 Å². The minimum atomic E-state index is -1.15. The van der Waals surface area contributed by atoms with Crippen molar-refractivity contribution < 1.29 is 90.6 Å². The first-order valence-corrected chi connectivity index (χ1v) is 41.2. The van der Waals surface area contributed by atoms with Crippen LogP contribution in [-0.4, -0.2) is 264 Å². The van der Waals surface area contributed by atoms with Gasteiger partial charge in [-0.2, -0.15) is 0 Å². The number of aromatic nitrogens is 5. The SMILES string of the molecule is CC(=O)N1c2ccc(-c3ccc(C(=O)NCCOCCOCCOCCOCCOCCOCCOCCOCCNC(=O)c4nc(NC(=O)CCNC(=O)c5cc(NC(=O)c6nc(NC(=O)CCNC(=O)[C@H](CCCNC(=N)N)NC(=O)[C@H](CCCNC(=N)N)NC(=O)OC(C)(C)C)cn6C)cn5C)cn4C)cc3)cc2[C@H](Nc2ccc(Cl)cc2)C[C@@H]1C. The topological polar surface area (TPSA) is 542 Å². The lowest BCUT2D eigenvalue weighted by atomic mass is 9.88. The number of amides is 10. The van der Waals surface area contributed by atoms with Crippen molar-refractivity contribution in [2.75, 3.05) is 171 Å². The summed E-state index contributed by atoms with van der Waals surface area (Å²) in [6.07, 6.45) is 4.54. The van der Waals surface area contributed by atoms with E-state index in [2.05, 4.69) is 86.8 Å². The number of nitrogens with two attached hydrogens (primary N) is 2. The third kappa shape index (κ3) is 35.9. The minimum Gasteiger partial charge on any atom is -0.444 e. The largest absolute Gasteiger partial charge is 0.444 e. The molecule has 6 aromatic rings. The number of nitrogens with one attached hydrogen (secondary N) is 14. The first-order valence-electron chi connectivity index (χ1n) is 40.8. The highest BCUT2D eigenvalue weighted by atomic mass is 35.5. The second-order valence-corrected chi connectivity index (χ2v) is 30.0. The van der Waals surface area contributed by atoms with Crippen molar-refractivity contribution in [2.24, 2.45) is 32.6 Å². The maximum absolute atomic E-state index is 13.6. The predicted octanol–water partition coefficient (Wildman–Crippen LogP) is 3.76. The molecule has 0 aliphatic carbocycles. The summed E-state index contributed by atoms with van der Waals surface area (Å²) in [5, 5.41) is 48.4. The van der Waals surface area contributed by atoms with Gasteiger partial charge < -0.3 is 137 Å². The summed E-state index contributed by atoms with van der Waals surface area (Å²) < 4.78 is 54.2.